The number of hydrogen-bond donors (Lipinski definition) is 1. The molecule has 0 spiro atoms. The van der Waals surface area contributed by atoms with Gasteiger partial charge in [-0.15, -0.1) is 0 Å². The molecule has 0 aliphatic carbocycles. The molecule has 0 atom stereocenters. The van der Waals surface area contributed by atoms with Gasteiger partial charge in [0.2, 0.25) is 5.91 Å². The normalized spacial score (nSPS) is 14.7. The Kier molecular flexibility index (Phi) is 5.76. The number of piperidine rings is 1. The molecule has 2 heterocycles. The minimum Gasteiger partial charge on any atom is -0.462 e. The summed E-state index contributed by atoms with van der Waals surface area (Å²) in [5.74, 6) is -0.351. The lowest BCUT2D eigenvalue weighted by Crippen LogP contribution is -2.38. The van der Waals surface area contributed by atoms with E-state index < -0.39 is 0 Å². The molecule has 1 aromatic heterocycles. The molecule has 0 radical (unpaired) electrons. The number of nitrogens with zero attached hydrogens (tertiary/aromatic N) is 2. The fourth-order valence-electron chi connectivity index (χ4n) is 3.48. The molecular formula is C22H23N3O3S. The van der Waals surface area contributed by atoms with E-state index in [0.29, 0.717) is 17.9 Å². The fraction of sp³-hybridized carbons (Fsp3) is 0.318. The van der Waals surface area contributed by atoms with Crippen molar-refractivity contribution >= 4 is 44.2 Å². The number of para-hydroxylation sites is 1. The molecule has 0 bridgehead atoms. The molecule has 1 N–H and O–H groups in total. The van der Waals surface area contributed by atoms with Crippen molar-refractivity contribution in [2.75, 3.05) is 29.9 Å². The number of carbonyl (C=O) groups is 2. The van der Waals surface area contributed by atoms with Crippen LogP contribution in [0.3, 0.4) is 0 Å². The highest BCUT2D eigenvalue weighted by Gasteiger charge is 2.26. The van der Waals surface area contributed by atoms with Crippen LogP contribution in [0.5, 0.6) is 0 Å². The largest absolute Gasteiger partial charge is 0.462 e. The number of ether oxygens (including phenoxy) is 1. The Balaban J connectivity index is 1.32. The Bertz CT molecular complexity index is 975. The molecule has 1 fully saturated rings. The average Bonchev–Trinajstić information content (AvgIpc) is 3.19. The lowest BCUT2D eigenvalue weighted by molar-refractivity contribution is -0.120. The van der Waals surface area contributed by atoms with E-state index >= 15 is 0 Å². The summed E-state index contributed by atoms with van der Waals surface area (Å²) in [6.45, 7) is 3.75. The van der Waals surface area contributed by atoms with Crippen LogP contribution in [0.4, 0.5) is 10.8 Å². The lowest BCUT2D eigenvalue weighted by atomic mass is 9.96. The minimum absolute atomic E-state index is 0.0228. The zero-order valence-electron chi connectivity index (χ0n) is 16.3. The van der Waals surface area contributed by atoms with Gasteiger partial charge in [0.1, 0.15) is 0 Å². The Morgan fingerprint density at radius 3 is 2.55 bits per heavy atom. The van der Waals surface area contributed by atoms with E-state index in [1.165, 1.54) is 4.70 Å². The Labute approximate surface area is 173 Å². The van der Waals surface area contributed by atoms with Crippen molar-refractivity contribution in [3.05, 3.63) is 54.1 Å². The van der Waals surface area contributed by atoms with Crippen LogP contribution in [0.1, 0.15) is 30.1 Å². The van der Waals surface area contributed by atoms with Crippen LogP contribution in [-0.4, -0.2) is 36.6 Å². The van der Waals surface area contributed by atoms with Crippen molar-refractivity contribution in [3.63, 3.8) is 0 Å². The third-order valence-corrected chi connectivity index (χ3v) is 6.18. The Morgan fingerprint density at radius 2 is 1.86 bits per heavy atom. The average molecular weight is 410 g/mol. The molecule has 1 aliphatic heterocycles. The summed E-state index contributed by atoms with van der Waals surface area (Å²) in [5, 5.41) is 3.99. The third-order valence-electron chi connectivity index (χ3n) is 5.08. The molecule has 2 aromatic carbocycles. The van der Waals surface area contributed by atoms with E-state index in [1.807, 2.05) is 18.2 Å². The number of thiazole rings is 1. The summed E-state index contributed by atoms with van der Waals surface area (Å²) in [5.41, 5.74) is 2.20. The van der Waals surface area contributed by atoms with Gasteiger partial charge in [-0.3, -0.25) is 4.79 Å². The number of rotatable bonds is 5. The van der Waals surface area contributed by atoms with E-state index in [0.717, 1.165) is 36.6 Å². The zero-order valence-corrected chi connectivity index (χ0v) is 17.1. The van der Waals surface area contributed by atoms with Gasteiger partial charge in [0.25, 0.3) is 0 Å². The molecule has 0 unspecified atom stereocenters. The Hall–Kier alpha value is -2.93. The summed E-state index contributed by atoms with van der Waals surface area (Å²) in [6.07, 6.45) is 1.59. The number of nitrogens with one attached hydrogen (secondary N) is 1. The van der Waals surface area contributed by atoms with Crippen molar-refractivity contribution in [2.45, 2.75) is 19.8 Å². The number of anilines is 2. The zero-order chi connectivity index (χ0) is 20.2. The highest BCUT2D eigenvalue weighted by Crippen LogP contribution is 2.31. The molecule has 1 amide bonds. The molecule has 150 valence electrons. The Morgan fingerprint density at radius 1 is 1.14 bits per heavy atom. The maximum atomic E-state index is 12.6. The lowest BCUT2D eigenvalue weighted by Gasteiger charge is -2.31. The van der Waals surface area contributed by atoms with Crippen molar-refractivity contribution in [1.29, 1.82) is 0 Å². The predicted molar refractivity (Wildman–Crippen MR) is 116 cm³/mol. The fourth-order valence-corrected chi connectivity index (χ4v) is 4.49. The van der Waals surface area contributed by atoms with Gasteiger partial charge in [-0.25, -0.2) is 9.78 Å². The second-order valence-electron chi connectivity index (χ2n) is 7.01. The highest BCUT2D eigenvalue weighted by molar-refractivity contribution is 7.22. The van der Waals surface area contributed by atoms with Gasteiger partial charge in [-0.05, 0) is 56.2 Å². The molecule has 29 heavy (non-hydrogen) atoms. The van der Waals surface area contributed by atoms with Crippen LogP contribution in [0.2, 0.25) is 0 Å². The van der Waals surface area contributed by atoms with Gasteiger partial charge in [0.15, 0.2) is 5.13 Å². The molecular weight excluding hydrogens is 386 g/mol. The molecule has 1 saturated heterocycles. The summed E-state index contributed by atoms with van der Waals surface area (Å²) in [7, 11) is 0. The standard InChI is InChI=1S/C22H23N3O3S/c1-2-28-21(27)16-7-9-17(10-8-16)23-20(26)15-11-13-25(14-12-15)22-24-18-5-3-4-6-19(18)29-22/h3-10,15H,2,11-14H2,1H3,(H,23,26). The number of hydrogen-bond acceptors (Lipinski definition) is 6. The molecule has 0 saturated carbocycles. The quantitative estimate of drug-likeness (QED) is 0.635. The first-order chi connectivity index (χ1) is 14.1. The first kappa shape index (κ1) is 19.4. The maximum Gasteiger partial charge on any atom is 0.338 e. The van der Waals surface area contributed by atoms with Crippen molar-refractivity contribution in [3.8, 4) is 0 Å². The van der Waals surface area contributed by atoms with Gasteiger partial charge in [0.05, 0.1) is 22.4 Å². The van der Waals surface area contributed by atoms with Crippen molar-refractivity contribution < 1.29 is 14.3 Å². The van der Waals surface area contributed by atoms with Crippen molar-refractivity contribution in [1.82, 2.24) is 4.98 Å². The van der Waals surface area contributed by atoms with Crippen molar-refractivity contribution in [2.24, 2.45) is 5.92 Å². The van der Waals surface area contributed by atoms with Crippen LogP contribution in [0.15, 0.2) is 48.5 Å². The SMILES string of the molecule is CCOC(=O)c1ccc(NC(=O)C2CCN(c3nc4ccccc4s3)CC2)cc1. The highest BCUT2D eigenvalue weighted by atomic mass is 32.1. The second-order valence-corrected chi connectivity index (χ2v) is 8.02. The van der Waals surface area contributed by atoms with E-state index in [1.54, 1.807) is 42.5 Å². The van der Waals surface area contributed by atoms with Crippen LogP contribution in [0, 0.1) is 5.92 Å². The molecule has 1 aliphatic rings. The molecule has 6 nitrogen and oxygen atoms in total. The van der Waals surface area contributed by atoms with E-state index in [2.05, 4.69) is 16.3 Å². The molecule has 7 heteroatoms. The van der Waals surface area contributed by atoms with Crippen LogP contribution in [-0.2, 0) is 9.53 Å². The number of benzene rings is 2. The first-order valence-electron chi connectivity index (χ1n) is 9.82. The molecule has 4 rings (SSSR count). The van der Waals surface area contributed by atoms with E-state index in [4.69, 9.17) is 9.72 Å². The monoisotopic (exact) mass is 409 g/mol. The van der Waals surface area contributed by atoms with Crippen LogP contribution in [0.25, 0.3) is 10.2 Å². The van der Waals surface area contributed by atoms with Crippen LogP contribution < -0.4 is 10.2 Å². The predicted octanol–water partition coefficient (Wildman–Crippen LogP) is 4.33. The van der Waals surface area contributed by atoms with Gasteiger partial charge < -0.3 is 15.0 Å². The van der Waals surface area contributed by atoms with Gasteiger partial charge in [-0.2, -0.15) is 0 Å². The minimum atomic E-state index is -0.354. The number of amides is 1. The van der Waals surface area contributed by atoms with Gasteiger partial charge in [-0.1, -0.05) is 23.5 Å². The van der Waals surface area contributed by atoms with E-state index in [9.17, 15) is 9.59 Å². The number of fused-ring (bicyclic) bond motifs is 1. The number of esters is 1. The number of carbonyl (C=O) groups excluding carboxylic acids is 2. The summed E-state index contributed by atoms with van der Waals surface area (Å²) < 4.78 is 6.16. The first-order valence-corrected chi connectivity index (χ1v) is 10.6. The van der Waals surface area contributed by atoms with Gasteiger partial charge in [0, 0.05) is 24.7 Å². The van der Waals surface area contributed by atoms with Gasteiger partial charge >= 0.3 is 5.97 Å². The topological polar surface area (TPSA) is 71.5 Å². The van der Waals surface area contributed by atoms with Crippen LogP contribution >= 0.6 is 11.3 Å². The third kappa shape index (κ3) is 4.40. The summed E-state index contributed by atoms with van der Waals surface area (Å²) in [4.78, 5) is 31.3. The van der Waals surface area contributed by atoms with E-state index in [-0.39, 0.29) is 17.8 Å². The smallest absolute Gasteiger partial charge is 0.338 e. The molecule has 3 aromatic rings. The second kappa shape index (κ2) is 8.61. The summed E-state index contributed by atoms with van der Waals surface area (Å²) >= 11 is 1.70. The maximum absolute atomic E-state index is 12.6. The number of aromatic nitrogens is 1. The summed E-state index contributed by atoms with van der Waals surface area (Å²) in [6, 6.07) is 15.0.